The highest BCUT2D eigenvalue weighted by Crippen LogP contribution is 2.58. The standard InChI is InChI=1S/C36H43N2.C33H41N2.C31H41N2.C30H39N2/c1-24(2)30-20-28(27-15-8-7-9-16-27)21-31(25(3)4)34(30)38-33-23-36(18-12-13-19-36)22-32(33)37(6)35(38)29-17-11-10-14-26(29)5;1-24-9-3-4-10-27(24)31-34(2)19-20-35(31)30-28-11-17-32(13-5-6-14-32)22-25(28)21-26-23-33(15-7-8-16-33)18-12-29(26)30;1-21(2)27-19-24-20-31(14-9-10-15-31)16-13-26(24)28(22(3)4)29(27)33-18-17-32(6)30(33)25-12-8-7-11-23(25)5;1-20(2)23-14-11-15-24(21(3)4)28(23)32-27-19-30(16-9-10-17-30)18-26(27)31(6)29(32)25-13-8-7-12-22(25)5/h7-11,14-17,20-21,24-25H,12-13,18-19,22-23H2,1-6H3;3-4,9-10,19-21H,5-8,11-18,22-23H2,1-2H3;7-8,11-12,17-19,21-22H,9-10,13-16,20H2,1-6H3;7-8,11-15,20-21H,9-10,16-19H2,1-6H3/q4*+1. The van der Waals surface area contributed by atoms with E-state index in [0.717, 1.165) is 0 Å². The molecule has 0 aliphatic heterocycles. The lowest BCUT2D eigenvalue weighted by Crippen LogP contribution is -2.36. The van der Waals surface area contributed by atoms with E-state index in [4.69, 9.17) is 0 Å². The van der Waals surface area contributed by atoms with E-state index >= 15 is 0 Å². The van der Waals surface area contributed by atoms with E-state index in [1.54, 1.807) is 67.4 Å². The summed E-state index contributed by atoms with van der Waals surface area (Å²) in [6.45, 7) is 37.4. The Morgan fingerprint density at radius 2 is 0.587 bits per heavy atom. The third-order valence-electron chi connectivity index (χ3n) is 36.8. The third kappa shape index (κ3) is 17.4. The molecule has 8 nitrogen and oxygen atoms in total. The molecule has 138 heavy (non-hydrogen) atoms. The van der Waals surface area contributed by atoms with Crippen molar-refractivity contribution in [3.8, 4) is 79.4 Å². The van der Waals surface area contributed by atoms with Gasteiger partial charge >= 0.3 is 0 Å². The number of hydrogen-bond donors (Lipinski definition) is 0. The summed E-state index contributed by atoms with van der Waals surface area (Å²) in [5, 5.41) is 0. The molecular formula is C130H164N8+4. The summed E-state index contributed by atoms with van der Waals surface area (Å²) in [7, 11) is 9.05. The minimum atomic E-state index is 0.418. The summed E-state index contributed by atoms with van der Waals surface area (Å²) < 4.78 is 20.3. The number of nitrogens with zero attached hydrogens (tertiary/aromatic N) is 8. The van der Waals surface area contributed by atoms with Gasteiger partial charge in [0.2, 0.25) is 0 Å². The molecule has 0 bridgehead atoms. The van der Waals surface area contributed by atoms with Gasteiger partial charge < -0.3 is 0 Å². The van der Waals surface area contributed by atoms with Gasteiger partial charge in [0.25, 0.3) is 23.3 Å². The first-order valence-corrected chi connectivity index (χ1v) is 54.9. The largest absolute Gasteiger partial charge is 0.294 e. The third-order valence-corrected chi connectivity index (χ3v) is 36.8. The molecule has 13 aromatic rings. The predicted octanol–water partition coefficient (Wildman–Crippen LogP) is 31.0. The van der Waals surface area contributed by atoms with Crippen LogP contribution in [0.1, 0.15) is 378 Å². The van der Waals surface area contributed by atoms with E-state index in [9.17, 15) is 0 Å². The first-order valence-electron chi connectivity index (χ1n) is 54.9. The maximum absolute atomic E-state index is 2.73. The number of aromatic nitrogens is 8. The highest BCUT2D eigenvalue weighted by Gasteiger charge is 2.53. The van der Waals surface area contributed by atoms with Crippen LogP contribution in [0.3, 0.4) is 0 Å². The van der Waals surface area contributed by atoms with Crippen molar-refractivity contribution in [3.05, 3.63) is 306 Å². The van der Waals surface area contributed by atoms with E-state index in [-0.39, 0.29) is 0 Å². The summed E-state index contributed by atoms with van der Waals surface area (Å²) in [5.74, 6) is 8.11. The summed E-state index contributed by atoms with van der Waals surface area (Å²) in [6, 6.07) is 63.8. The maximum atomic E-state index is 2.73. The Morgan fingerprint density at radius 3 is 0.949 bits per heavy atom. The average molecular weight is 1840 g/mol. The smallest absolute Gasteiger partial charge is 0.232 e. The molecule has 5 fully saturated rings. The molecular weight excluding hydrogens is 1670 g/mol. The molecule has 720 valence electrons. The Morgan fingerprint density at radius 1 is 0.268 bits per heavy atom. The zero-order chi connectivity index (χ0) is 96.2. The number of hydrogen-bond acceptors (Lipinski definition) is 0. The van der Waals surface area contributed by atoms with Gasteiger partial charge in [0.05, 0.1) is 50.4 Å². The van der Waals surface area contributed by atoms with Gasteiger partial charge in [0.1, 0.15) is 58.9 Å². The highest BCUT2D eigenvalue weighted by molar-refractivity contribution is 5.74. The fourth-order valence-corrected chi connectivity index (χ4v) is 29.4. The van der Waals surface area contributed by atoms with Crippen molar-refractivity contribution < 1.29 is 18.3 Å². The van der Waals surface area contributed by atoms with Crippen LogP contribution in [0.25, 0.3) is 79.4 Å². The van der Waals surface area contributed by atoms with Crippen molar-refractivity contribution in [2.75, 3.05) is 0 Å². The summed E-state index contributed by atoms with van der Waals surface area (Å²) >= 11 is 0. The molecule has 10 aliphatic carbocycles. The lowest BCUT2D eigenvalue weighted by Gasteiger charge is -2.39. The molecule has 8 heteroatoms. The van der Waals surface area contributed by atoms with Crippen LogP contribution < -0.4 is 18.3 Å². The molecule has 10 aliphatic rings. The number of fused-ring (bicyclic) bond motifs is 5. The van der Waals surface area contributed by atoms with E-state index in [2.05, 4.69) is 370 Å². The van der Waals surface area contributed by atoms with E-state index < -0.39 is 0 Å². The van der Waals surface area contributed by atoms with Crippen LogP contribution in [0.5, 0.6) is 0 Å². The van der Waals surface area contributed by atoms with Crippen LogP contribution in [0.2, 0.25) is 0 Å². The van der Waals surface area contributed by atoms with Gasteiger partial charge in [0, 0.05) is 70.2 Å². The van der Waals surface area contributed by atoms with Crippen molar-refractivity contribution in [1.82, 2.24) is 18.3 Å². The first kappa shape index (κ1) is 95.4. The average Bonchev–Trinajstić information content (AvgIpc) is 1.58. The normalized spacial score (nSPS) is 18.2. The molecule has 23 rings (SSSR count). The lowest BCUT2D eigenvalue weighted by molar-refractivity contribution is -0.667. The van der Waals surface area contributed by atoms with Gasteiger partial charge in [-0.15, -0.1) is 0 Å². The second-order valence-corrected chi connectivity index (χ2v) is 47.9. The predicted molar refractivity (Wildman–Crippen MR) is 574 cm³/mol. The number of imidazole rings is 4. The van der Waals surface area contributed by atoms with Crippen LogP contribution in [-0.4, -0.2) is 18.3 Å². The zero-order valence-corrected chi connectivity index (χ0v) is 88.4. The molecule has 0 N–H and O–H groups in total. The Balaban J connectivity index is 0.000000114. The van der Waals surface area contributed by atoms with Gasteiger partial charge in [-0.05, 0) is 304 Å². The first-order chi connectivity index (χ1) is 66.5. The second kappa shape index (κ2) is 38.3. The molecule has 5 saturated carbocycles. The van der Waals surface area contributed by atoms with Crippen LogP contribution >= 0.6 is 0 Å². The minimum Gasteiger partial charge on any atom is -0.232 e. The SMILES string of the molecule is Cc1ccccc1-c1n(-c2c(C(C)C)cc(-c3ccccc3)cc2C(C)C)c2c([n+]1C)CC1(CCCC1)C2.Cc1ccccc1-c1n(-c2c(C(C)C)cc3c(c2C(C)C)CCC2(CCCC2)C3)cc[n+]1C.Cc1ccccc1-c1n(-c2c(C(C)C)cccc2C(C)C)c2c([n+]1C)CC1(CCCC1)C2.Cc1ccccc1-c1n(-c2c3c(cc4c2CCC2(CCCC2)C4)CC2(CCCC2)CC3)cc[n+]1C. The van der Waals surface area contributed by atoms with Crippen LogP contribution in [0.4, 0.5) is 0 Å². The number of benzene rings is 9. The monoisotopic (exact) mass is 1840 g/mol. The maximum Gasteiger partial charge on any atom is 0.294 e. The molecule has 4 aromatic heterocycles. The van der Waals surface area contributed by atoms with E-state index in [0.29, 0.717) is 62.6 Å². The van der Waals surface area contributed by atoms with Crippen molar-refractivity contribution in [2.24, 2.45) is 55.3 Å². The topological polar surface area (TPSA) is 35.2 Å². The summed E-state index contributed by atoms with van der Waals surface area (Å²) in [6.07, 6.45) is 54.4. The van der Waals surface area contributed by atoms with E-state index in [1.165, 1.54) is 336 Å². The van der Waals surface area contributed by atoms with Crippen LogP contribution in [0, 0.1) is 54.8 Å². The fourth-order valence-electron chi connectivity index (χ4n) is 29.4. The van der Waals surface area contributed by atoms with Crippen molar-refractivity contribution in [2.45, 2.75) is 358 Å². The number of aryl methyl sites for hydroxylation is 6. The second-order valence-electron chi connectivity index (χ2n) is 47.9. The molecule has 0 atom stereocenters. The lowest BCUT2D eigenvalue weighted by atomic mass is 9.66. The molecule has 0 amide bonds. The Bertz CT molecular complexity index is 6580. The van der Waals surface area contributed by atoms with Gasteiger partial charge in [-0.1, -0.05) is 281 Å². The van der Waals surface area contributed by atoms with Crippen LogP contribution in [-0.2, 0) is 92.4 Å². The van der Waals surface area contributed by atoms with Crippen LogP contribution in [0.15, 0.2) is 195 Å². The summed E-state index contributed by atoms with van der Waals surface area (Å²) in [4.78, 5) is 0. The Labute approximate surface area is 830 Å². The number of rotatable bonds is 15. The van der Waals surface area contributed by atoms with Gasteiger partial charge in [-0.25, -0.2) is 18.3 Å². The Kier molecular flexibility index (Phi) is 26.5. The Hall–Kier alpha value is -10.2. The van der Waals surface area contributed by atoms with Crippen molar-refractivity contribution in [3.63, 3.8) is 0 Å². The quantitative estimate of drug-likeness (QED) is 0.0917. The minimum absolute atomic E-state index is 0.418. The molecule has 0 radical (unpaired) electrons. The van der Waals surface area contributed by atoms with Gasteiger partial charge in [-0.2, -0.15) is 18.3 Å². The molecule has 4 heterocycles. The highest BCUT2D eigenvalue weighted by atomic mass is 15.2. The van der Waals surface area contributed by atoms with Crippen molar-refractivity contribution >= 4 is 0 Å². The molecule has 5 spiro atoms. The molecule has 0 saturated heterocycles. The molecule has 9 aromatic carbocycles. The van der Waals surface area contributed by atoms with E-state index in [1.807, 2.05) is 0 Å². The van der Waals surface area contributed by atoms with Gasteiger partial charge in [0.15, 0.2) is 11.4 Å². The van der Waals surface area contributed by atoms with Gasteiger partial charge in [-0.3, -0.25) is 0 Å². The summed E-state index contributed by atoms with van der Waals surface area (Å²) in [5.41, 5.74) is 47.3. The zero-order valence-electron chi connectivity index (χ0n) is 88.4. The van der Waals surface area contributed by atoms with Crippen molar-refractivity contribution in [1.29, 1.82) is 0 Å². The number of para-hydroxylation sites is 1. The molecule has 0 unspecified atom stereocenters. The fraction of sp³-hybridized carbons (Fsp3) is 0.492.